The van der Waals surface area contributed by atoms with Crippen LogP contribution >= 0.6 is 0 Å². The number of hydrogen-bond acceptors (Lipinski definition) is 3. The molecule has 1 fully saturated rings. The number of quaternary nitrogens is 2. The topological polar surface area (TPSA) is 56.4 Å². The molecule has 0 spiro atoms. The lowest BCUT2D eigenvalue weighted by Crippen LogP contribution is -3.28. The maximum Gasteiger partial charge on any atom is 0.275 e. The van der Waals surface area contributed by atoms with Crippen LogP contribution in [-0.4, -0.2) is 65.9 Å². The van der Waals surface area contributed by atoms with Crippen molar-refractivity contribution in [1.82, 2.24) is 5.32 Å². The van der Waals surface area contributed by atoms with E-state index in [1.165, 1.54) is 10.5 Å². The van der Waals surface area contributed by atoms with Crippen molar-refractivity contribution in [2.75, 3.05) is 60.0 Å². The van der Waals surface area contributed by atoms with Gasteiger partial charge in [0.2, 0.25) is 0 Å². The van der Waals surface area contributed by atoms with Crippen LogP contribution in [0.25, 0.3) is 6.08 Å². The Hall–Kier alpha value is -2.83. The van der Waals surface area contributed by atoms with E-state index in [9.17, 15) is 4.79 Å². The summed E-state index contributed by atoms with van der Waals surface area (Å²) in [5.74, 6) is 1.56. The van der Waals surface area contributed by atoms with Crippen molar-refractivity contribution in [3.8, 4) is 11.5 Å². The summed E-state index contributed by atoms with van der Waals surface area (Å²) in [7, 11) is 3.26. The van der Waals surface area contributed by atoms with Crippen LogP contribution in [0.4, 0.5) is 0 Å². The Balaban J connectivity index is 1.32. The van der Waals surface area contributed by atoms with Crippen LogP contribution in [0, 0.1) is 0 Å². The molecular formula is C25H35N3O3+2. The number of carbonyl (C=O) groups excluding carboxylic acids is 1. The van der Waals surface area contributed by atoms with Gasteiger partial charge < -0.3 is 24.6 Å². The van der Waals surface area contributed by atoms with Crippen molar-refractivity contribution in [3.05, 3.63) is 65.7 Å². The molecule has 3 N–H and O–H groups in total. The van der Waals surface area contributed by atoms with Gasteiger partial charge in [-0.2, -0.15) is 0 Å². The lowest BCUT2D eigenvalue weighted by molar-refractivity contribution is -1.01. The number of methoxy groups -OCH3 is 2. The average Bonchev–Trinajstić information content (AvgIpc) is 2.81. The SMILES string of the molecule is COc1ccc(CCNC(=O)C[NH+]2CC[NH+](C/C=C/c3ccccc3)CC2)cc1OC. The highest BCUT2D eigenvalue weighted by Crippen LogP contribution is 2.27. The lowest BCUT2D eigenvalue weighted by atomic mass is 10.1. The molecule has 1 aliphatic rings. The molecule has 6 heteroatoms. The number of piperazine rings is 1. The average molecular weight is 426 g/mol. The molecule has 0 saturated carbocycles. The van der Waals surface area contributed by atoms with Gasteiger partial charge in [-0.25, -0.2) is 0 Å². The first-order valence-corrected chi connectivity index (χ1v) is 11.0. The summed E-state index contributed by atoms with van der Waals surface area (Å²) >= 11 is 0. The monoisotopic (exact) mass is 425 g/mol. The Morgan fingerprint density at radius 1 is 0.968 bits per heavy atom. The Labute approximate surface area is 185 Å². The summed E-state index contributed by atoms with van der Waals surface area (Å²) < 4.78 is 10.6. The molecule has 1 amide bonds. The quantitative estimate of drug-likeness (QED) is 0.497. The third kappa shape index (κ3) is 7.42. The van der Waals surface area contributed by atoms with E-state index in [-0.39, 0.29) is 5.91 Å². The second-order valence-corrected chi connectivity index (χ2v) is 7.98. The summed E-state index contributed by atoms with van der Waals surface area (Å²) in [6.07, 6.45) is 5.22. The van der Waals surface area contributed by atoms with Crippen LogP contribution in [0.5, 0.6) is 11.5 Å². The maximum atomic E-state index is 12.3. The number of benzene rings is 2. The smallest absolute Gasteiger partial charge is 0.275 e. The Morgan fingerprint density at radius 2 is 1.68 bits per heavy atom. The predicted molar refractivity (Wildman–Crippen MR) is 123 cm³/mol. The highest BCUT2D eigenvalue weighted by atomic mass is 16.5. The van der Waals surface area contributed by atoms with Gasteiger partial charge in [0.1, 0.15) is 26.2 Å². The molecule has 0 unspecified atom stereocenters. The second-order valence-electron chi connectivity index (χ2n) is 7.98. The molecule has 0 aliphatic carbocycles. The third-order valence-corrected chi connectivity index (χ3v) is 5.77. The van der Waals surface area contributed by atoms with Gasteiger partial charge in [0.25, 0.3) is 5.91 Å². The standard InChI is InChI=1S/C25H33N3O3/c1-30-23-11-10-22(19-24(23)31-2)12-13-26-25(29)20-28-17-15-27(16-18-28)14-6-9-21-7-4-3-5-8-21/h3-11,19H,12-18,20H2,1-2H3,(H,26,29)/p+2/b9-6+. The van der Waals surface area contributed by atoms with Crippen LogP contribution in [0.15, 0.2) is 54.6 Å². The van der Waals surface area contributed by atoms with E-state index in [4.69, 9.17) is 9.47 Å². The largest absolute Gasteiger partial charge is 0.493 e. The van der Waals surface area contributed by atoms with Gasteiger partial charge in [-0.15, -0.1) is 0 Å². The highest BCUT2D eigenvalue weighted by molar-refractivity contribution is 5.76. The second kappa shape index (κ2) is 12.1. The Bertz CT molecular complexity index is 846. The predicted octanol–water partition coefficient (Wildman–Crippen LogP) is -0.141. The van der Waals surface area contributed by atoms with E-state index in [0.717, 1.165) is 56.2 Å². The molecule has 3 rings (SSSR count). The molecule has 0 atom stereocenters. The van der Waals surface area contributed by atoms with Crippen molar-refractivity contribution in [3.63, 3.8) is 0 Å². The zero-order valence-corrected chi connectivity index (χ0v) is 18.7. The normalized spacial score (nSPS) is 18.6. The Morgan fingerprint density at radius 3 is 2.39 bits per heavy atom. The molecular weight excluding hydrogens is 390 g/mol. The molecule has 1 heterocycles. The summed E-state index contributed by atoms with van der Waals surface area (Å²) in [4.78, 5) is 15.3. The minimum absolute atomic E-state index is 0.128. The fourth-order valence-corrected chi connectivity index (χ4v) is 3.94. The van der Waals surface area contributed by atoms with E-state index in [1.54, 1.807) is 19.1 Å². The first kappa shape index (κ1) is 22.8. The molecule has 0 aromatic heterocycles. The van der Waals surface area contributed by atoms with E-state index in [0.29, 0.717) is 13.1 Å². The first-order valence-electron chi connectivity index (χ1n) is 11.0. The molecule has 31 heavy (non-hydrogen) atoms. The number of ether oxygens (including phenoxy) is 2. The minimum Gasteiger partial charge on any atom is -0.493 e. The third-order valence-electron chi connectivity index (χ3n) is 5.77. The highest BCUT2D eigenvalue weighted by Gasteiger charge is 2.23. The van der Waals surface area contributed by atoms with Crippen molar-refractivity contribution >= 4 is 12.0 Å². The van der Waals surface area contributed by atoms with Gasteiger partial charge in [-0.3, -0.25) is 4.79 Å². The van der Waals surface area contributed by atoms with Crippen molar-refractivity contribution in [1.29, 1.82) is 0 Å². The molecule has 0 radical (unpaired) electrons. The van der Waals surface area contributed by atoms with Gasteiger partial charge in [-0.05, 0) is 35.8 Å². The molecule has 1 saturated heterocycles. The number of hydrogen-bond donors (Lipinski definition) is 3. The minimum atomic E-state index is 0.128. The van der Waals surface area contributed by atoms with E-state index < -0.39 is 0 Å². The number of rotatable bonds is 10. The van der Waals surface area contributed by atoms with E-state index in [1.807, 2.05) is 24.3 Å². The molecule has 0 bridgehead atoms. The zero-order valence-electron chi connectivity index (χ0n) is 18.7. The van der Waals surface area contributed by atoms with Crippen molar-refractivity contribution in [2.24, 2.45) is 0 Å². The fourth-order valence-electron chi connectivity index (χ4n) is 3.94. The molecule has 1 aliphatic heterocycles. The molecule has 2 aromatic rings. The molecule has 6 nitrogen and oxygen atoms in total. The maximum absolute atomic E-state index is 12.3. The lowest BCUT2D eigenvalue weighted by Gasteiger charge is -2.28. The molecule has 166 valence electrons. The van der Waals surface area contributed by atoms with Crippen molar-refractivity contribution < 1.29 is 24.1 Å². The number of amides is 1. The first-order chi connectivity index (χ1) is 15.2. The summed E-state index contributed by atoms with van der Waals surface area (Å²) in [5.41, 5.74) is 2.36. The summed E-state index contributed by atoms with van der Waals surface area (Å²) in [5, 5.41) is 3.06. The van der Waals surface area contributed by atoms with Crippen LogP contribution in [0.2, 0.25) is 0 Å². The van der Waals surface area contributed by atoms with E-state index in [2.05, 4.69) is 41.7 Å². The fraction of sp³-hybridized carbons (Fsp3) is 0.400. The number of carbonyl (C=O) groups is 1. The summed E-state index contributed by atoms with van der Waals surface area (Å²) in [6, 6.07) is 16.3. The van der Waals surface area contributed by atoms with Crippen LogP contribution < -0.4 is 24.6 Å². The van der Waals surface area contributed by atoms with Crippen molar-refractivity contribution in [2.45, 2.75) is 6.42 Å². The van der Waals surface area contributed by atoms with Gasteiger partial charge in [0.15, 0.2) is 18.0 Å². The van der Waals surface area contributed by atoms with E-state index >= 15 is 0 Å². The Kier molecular flexibility index (Phi) is 8.94. The molecule has 2 aromatic carbocycles. The van der Waals surface area contributed by atoms with Gasteiger partial charge in [0.05, 0.1) is 20.8 Å². The number of nitrogens with one attached hydrogen (secondary N) is 3. The van der Waals surface area contributed by atoms with Gasteiger partial charge >= 0.3 is 0 Å². The zero-order chi connectivity index (χ0) is 21.9. The van der Waals surface area contributed by atoms with Crippen LogP contribution in [0.1, 0.15) is 11.1 Å². The van der Waals surface area contributed by atoms with Crippen LogP contribution in [0.3, 0.4) is 0 Å². The van der Waals surface area contributed by atoms with Gasteiger partial charge in [0, 0.05) is 6.54 Å². The van der Waals surface area contributed by atoms with Gasteiger partial charge in [-0.1, -0.05) is 42.5 Å². The summed E-state index contributed by atoms with van der Waals surface area (Å²) in [6.45, 7) is 6.51. The van der Waals surface area contributed by atoms with Crippen LogP contribution in [-0.2, 0) is 11.2 Å².